The second-order valence-corrected chi connectivity index (χ2v) is 4.69. The Morgan fingerprint density at radius 3 is 2.75 bits per heavy atom. The van der Waals surface area contributed by atoms with Crippen LogP contribution in [0.2, 0.25) is 0 Å². The number of halogens is 2. The summed E-state index contributed by atoms with van der Waals surface area (Å²) in [6.07, 6.45) is 0.171. The summed E-state index contributed by atoms with van der Waals surface area (Å²) in [5.41, 5.74) is -0.246. The highest BCUT2D eigenvalue weighted by molar-refractivity contribution is 7.09. The fourth-order valence-corrected chi connectivity index (χ4v) is 2.00. The minimum absolute atomic E-state index is 0.179. The molecule has 0 radical (unpaired) electrons. The van der Waals surface area contributed by atoms with Gasteiger partial charge in [0.2, 0.25) is 0 Å². The molecule has 7 heteroatoms. The van der Waals surface area contributed by atoms with Gasteiger partial charge >= 0.3 is 5.97 Å². The van der Waals surface area contributed by atoms with Crippen LogP contribution in [0, 0.1) is 11.6 Å². The van der Waals surface area contributed by atoms with E-state index >= 15 is 0 Å². The molecule has 0 aliphatic carbocycles. The molecule has 2 aromatic rings. The highest BCUT2D eigenvalue weighted by Crippen LogP contribution is 2.24. The summed E-state index contributed by atoms with van der Waals surface area (Å²) < 4.78 is 30.5. The first kappa shape index (κ1) is 14.3. The smallest absolute Gasteiger partial charge is 0.341 e. The second-order valence-electron chi connectivity index (χ2n) is 3.76. The van der Waals surface area contributed by atoms with E-state index in [4.69, 9.17) is 4.74 Å². The molecule has 1 aromatic heterocycles. The van der Waals surface area contributed by atoms with Crippen LogP contribution in [-0.2, 0) is 4.79 Å². The third kappa shape index (κ3) is 3.06. The number of hydrogen-bond acceptors (Lipinski definition) is 5. The summed E-state index contributed by atoms with van der Waals surface area (Å²) >= 11 is 1.15. The van der Waals surface area contributed by atoms with Crippen molar-refractivity contribution < 1.29 is 23.4 Å². The maximum absolute atomic E-state index is 13.0. The monoisotopic (exact) mass is 297 g/mol. The summed E-state index contributed by atoms with van der Waals surface area (Å²) in [6.45, 7) is 3.42. The van der Waals surface area contributed by atoms with Crippen molar-refractivity contribution in [2.24, 2.45) is 0 Å². The van der Waals surface area contributed by atoms with Crippen molar-refractivity contribution in [2.45, 2.75) is 6.10 Å². The Bertz CT molecular complexity index is 643. The molecule has 0 fully saturated rings. The van der Waals surface area contributed by atoms with Gasteiger partial charge in [-0.2, -0.15) is 0 Å². The summed E-state index contributed by atoms with van der Waals surface area (Å²) in [6, 6.07) is 2.66. The minimum atomic E-state index is -1.30. The summed E-state index contributed by atoms with van der Waals surface area (Å²) in [5.74, 6) is -3.31. The van der Waals surface area contributed by atoms with E-state index in [1.54, 1.807) is 5.38 Å². The van der Waals surface area contributed by atoms with Crippen LogP contribution in [0.15, 0.2) is 41.9 Å². The van der Waals surface area contributed by atoms with Crippen LogP contribution in [0.4, 0.5) is 8.78 Å². The zero-order valence-corrected chi connectivity index (χ0v) is 10.9. The SMILES string of the molecule is C=C(C(=O)Oc1ccc(F)c(F)c1)C(O)c1nccs1. The van der Waals surface area contributed by atoms with Crippen molar-refractivity contribution in [3.63, 3.8) is 0 Å². The molecule has 0 aliphatic rings. The van der Waals surface area contributed by atoms with Gasteiger partial charge in [0.05, 0.1) is 5.57 Å². The fourth-order valence-electron chi connectivity index (χ4n) is 1.34. The molecule has 1 heterocycles. The molecule has 0 saturated carbocycles. The lowest BCUT2D eigenvalue weighted by atomic mass is 10.2. The van der Waals surface area contributed by atoms with Gasteiger partial charge < -0.3 is 9.84 Å². The molecule has 1 unspecified atom stereocenters. The van der Waals surface area contributed by atoms with E-state index in [0.717, 1.165) is 29.5 Å². The Morgan fingerprint density at radius 1 is 1.40 bits per heavy atom. The molecule has 0 saturated heterocycles. The van der Waals surface area contributed by atoms with Crippen LogP contribution in [0.1, 0.15) is 11.1 Å². The van der Waals surface area contributed by atoms with Crippen LogP contribution in [-0.4, -0.2) is 16.1 Å². The highest BCUT2D eigenvalue weighted by atomic mass is 32.1. The number of aromatic nitrogens is 1. The molecule has 0 bridgehead atoms. The number of thiazole rings is 1. The van der Waals surface area contributed by atoms with Crippen molar-refractivity contribution in [3.8, 4) is 5.75 Å². The van der Waals surface area contributed by atoms with E-state index in [1.165, 1.54) is 6.20 Å². The molecule has 0 spiro atoms. The number of aliphatic hydroxyl groups is 1. The number of ether oxygens (including phenoxy) is 1. The maximum Gasteiger partial charge on any atom is 0.341 e. The van der Waals surface area contributed by atoms with Gasteiger partial charge in [0, 0.05) is 17.6 Å². The molecule has 2 rings (SSSR count). The highest BCUT2D eigenvalue weighted by Gasteiger charge is 2.22. The number of esters is 1. The first-order valence-electron chi connectivity index (χ1n) is 5.42. The summed E-state index contributed by atoms with van der Waals surface area (Å²) in [5, 5.41) is 11.8. The van der Waals surface area contributed by atoms with Crippen LogP contribution < -0.4 is 4.74 Å². The Labute approximate surface area is 117 Å². The number of carbonyl (C=O) groups excluding carboxylic acids is 1. The van der Waals surface area contributed by atoms with Gasteiger partial charge in [-0.15, -0.1) is 11.3 Å². The Balaban J connectivity index is 2.08. The first-order valence-corrected chi connectivity index (χ1v) is 6.30. The summed E-state index contributed by atoms with van der Waals surface area (Å²) in [7, 11) is 0. The molecule has 0 amide bonds. The van der Waals surface area contributed by atoms with E-state index in [1.807, 2.05) is 0 Å². The lowest BCUT2D eigenvalue weighted by Gasteiger charge is -2.10. The topological polar surface area (TPSA) is 59.4 Å². The molecule has 104 valence electrons. The molecular weight excluding hydrogens is 288 g/mol. The van der Waals surface area contributed by atoms with Crippen molar-refractivity contribution in [1.82, 2.24) is 4.98 Å². The number of aliphatic hydroxyl groups excluding tert-OH is 1. The average Bonchev–Trinajstić information content (AvgIpc) is 2.95. The van der Waals surface area contributed by atoms with E-state index in [-0.39, 0.29) is 16.3 Å². The lowest BCUT2D eigenvalue weighted by molar-refractivity contribution is -0.131. The Morgan fingerprint density at radius 2 is 2.15 bits per heavy atom. The molecule has 1 atom stereocenters. The third-order valence-corrected chi connectivity index (χ3v) is 3.21. The second kappa shape index (κ2) is 5.89. The number of rotatable bonds is 4. The first-order chi connectivity index (χ1) is 9.49. The maximum atomic E-state index is 13.0. The van der Waals surface area contributed by atoms with Crippen LogP contribution >= 0.6 is 11.3 Å². The lowest BCUT2D eigenvalue weighted by Crippen LogP contribution is -2.16. The van der Waals surface area contributed by atoms with E-state index < -0.39 is 23.7 Å². The number of hydrogen-bond donors (Lipinski definition) is 1. The number of benzene rings is 1. The fraction of sp³-hybridized carbons (Fsp3) is 0.0769. The van der Waals surface area contributed by atoms with Crippen LogP contribution in [0.25, 0.3) is 0 Å². The van der Waals surface area contributed by atoms with Gasteiger partial charge in [0.1, 0.15) is 16.9 Å². The van der Waals surface area contributed by atoms with Crippen molar-refractivity contribution in [2.75, 3.05) is 0 Å². The van der Waals surface area contributed by atoms with Gasteiger partial charge in [0.25, 0.3) is 0 Å². The van der Waals surface area contributed by atoms with Gasteiger partial charge in [-0.3, -0.25) is 0 Å². The van der Waals surface area contributed by atoms with Gasteiger partial charge in [0.15, 0.2) is 11.6 Å². The van der Waals surface area contributed by atoms with E-state index in [2.05, 4.69) is 11.6 Å². The molecule has 1 N–H and O–H groups in total. The van der Waals surface area contributed by atoms with Gasteiger partial charge in [-0.1, -0.05) is 6.58 Å². The predicted molar refractivity (Wildman–Crippen MR) is 68.2 cm³/mol. The molecule has 20 heavy (non-hydrogen) atoms. The molecular formula is C13H9F2NO3S. The predicted octanol–water partition coefficient (Wildman–Crippen LogP) is 2.62. The molecule has 0 aliphatic heterocycles. The minimum Gasteiger partial charge on any atom is -0.423 e. The Hall–Kier alpha value is -2.12. The van der Waals surface area contributed by atoms with Gasteiger partial charge in [-0.05, 0) is 12.1 Å². The van der Waals surface area contributed by atoms with Crippen molar-refractivity contribution in [1.29, 1.82) is 0 Å². The van der Waals surface area contributed by atoms with Crippen molar-refractivity contribution in [3.05, 3.63) is 58.6 Å². The quantitative estimate of drug-likeness (QED) is 0.535. The van der Waals surface area contributed by atoms with E-state index in [0.29, 0.717) is 0 Å². The zero-order valence-electron chi connectivity index (χ0n) is 10.0. The van der Waals surface area contributed by atoms with Crippen LogP contribution in [0.3, 0.4) is 0 Å². The average molecular weight is 297 g/mol. The normalized spacial score (nSPS) is 11.9. The van der Waals surface area contributed by atoms with Gasteiger partial charge in [-0.25, -0.2) is 18.6 Å². The zero-order chi connectivity index (χ0) is 14.7. The molecule has 1 aromatic carbocycles. The summed E-state index contributed by atoms with van der Waals surface area (Å²) in [4.78, 5) is 15.6. The van der Waals surface area contributed by atoms with Crippen molar-refractivity contribution >= 4 is 17.3 Å². The molecule has 4 nitrogen and oxygen atoms in total. The van der Waals surface area contributed by atoms with E-state index in [9.17, 15) is 18.7 Å². The Kier molecular flexibility index (Phi) is 4.21. The number of nitrogens with zero attached hydrogens (tertiary/aromatic N) is 1. The largest absolute Gasteiger partial charge is 0.423 e. The number of carbonyl (C=O) groups is 1. The van der Waals surface area contributed by atoms with Crippen LogP contribution in [0.5, 0.6) is 5.75 Å². The third-order valence-electron chi connectivity index (χ3n) is 2.38. The standard InChI is InChI=1S/C13H9F2NO3S/c1-7(11(17)12-16-4-5-20-12)13(18)19-8-2-3-9(14)10(15)6-8/h2-6,11,17H,1H2.